The summed E-state index contributed by atoms with van der Waals surface area (Å²) in [5.41, 5.74) is 0.800. The zero-order chi connectivity index (χ0) is 16.2. The van der Waals surface area contributed by atoms with Gasteiger partial charge in [-0.1, -0.05) is 12.1 Å². The van der Waals surface area contributed by atoms with Gasteiger partial charge in [0.2, 0.25) is 5.91 Å². The first-order chi connectivity index (χ1) is 11.1. The Morgan fingerprint density at radius 2 is 1.74 bits per heavy atom. The molecule has 2 amide bonds. The first kappa shape index (κ1) is 15.9. The maximum atomic E-state index is 12.9. The van der Waals surface area contributed by atoms with Crippen LogP contribution < -0.4 is 0 Å². The van der Waals surface area contributed by atoms with Gasteiger partial charge in [0, 0.05) is 32.8 Å². The largest absolute Gasteiger partial charge is 0.368 e. The average molecular weight is 320 g/mol. The molecule has 2 aliphatic rings. The van der Waals surface area contributed by atoms with E-state index in [0.717, 1.165) is 18.4 Å². The highest BCUT2D eigenvalue weighted by Gasteiger charge is 2.31. The van der Waals surface area contributed by atoms with Crippen molar-refractivity contribution in [3.8, 4) is 0 Å². The molecule has 0 radical (unpaired) electrons. The van der Waals surface area contributed by atoms with Crippen LogP contribution in [0.1, 0.15) is 18.4 Å². The smallest absolute Gasteiger partial charge is 0.251 e. The number of benzene rings is 1. The molecule has 0 aromatic heterocycles. The molecule has 23 heavy (non-hydrogen) atoms. The molecule has 124 valence electrons. The molecule has 1 aromatic carbocycles. The lowest BCUT2D eigenvalue weighted by atomic mass is 10.1. The van der Waals surface area contributed by atoms with Crippen LogP contribution in [0.15, 0.2) is 24.3 Å². The molecule has 1 aromatic rings. The predicted octanol–water partition coefficient (Wildman–Crippen LogP) is 1.22. The van der Waals surface area contributed by atoms with E-state index in [1.54, 1.807) is 21.9 Å². The number of ether oxygens (including phenoxy) is 1. The maximum absolute atomic E-state index is 12.9. The number of rotatable bonds is 3. The van der Waals surface area contributed by atoms with Gasteiger partial charge >= 0.3 is 0 Å². The molecular formula is C17H21FN2O3. The van der Waals surface area contributed by atoms with Crippen LogP contribution in [0, 0.1) is 5.82 Å². The number of carbonyl (C=O) groups is 2. The van der Waals surface area contributed by atoms with Gasteiger partial charge in [0.15, 0.2) is 0 Å². The highest BCUT2D eigenvalue weighted by atomic mass is 19.1. The summed E-state index contributed by atoms with van der Waals surface area (Å²) in [4.78, 5) is 28.1. The van der Waals surface area contributed by atoms with E-state index in [-0.39, 0.29) is 30.2 Å². The lowest BCUT2D eigenvalue weighted by Crippen LogP contribution is -2.53. The number of carbonyl (C=O) groups excluding carboxylic acids is 2. The zero-order valence-electron chi connectivity index (χ0n) is 13.0. The topological polar surface area (TPSA) is 49.9 Å². The Morgan fingerprint density at radius 1 is 1.09 bits per heavy atom. The van der Waals surface area contributed by atoms with Crippen molar-refractivity contribution >= 4 is 11.8 Å². The fraction of sp³-hybridized carbons (Fsp3) is 0.529. The molecule has 2 fully saturated rings. The molecular weight excluding hydrogens is 299 g/mol. The number of nitrogens with zero attached hydrogens (tertiary/aromatic N) is 2. The number of hydrogen-bond donors (Lipinski definition) is 0. The van der Waals surface area contributed by atoms with Crippen LogP contribution in [-0.2, 0) is 20.7 Å². The van der Waals surface area contributed by atoms with Crippen molar-refractivity contribution in [3.63, 3.8) is 0 Å². The minimum Gasteiger partial charge on any atom is -0.368 e. The van der Waals surface area contributed by atoms with Crippen molar-refractivity contribution in [2.24, 2.45) is 0 Å². The second kappa shape index (κ2) is 7.08. The van der Waals surface area contributed by atoms with Gasteiger partial charge in [0.05, 0.1) is 6.42 Å². The van der Waals surface area contributed by atoms with Crippen molar-refractivity contribution in [1.82, 2.24) is 9.80 Å². The van der Waals surface area contributed by atoms with Crippen LogP contribution in [-0.4, -0.2) is 60.5 Å². The molecule has 0 aliphatic carbocycles. The van der Waals surface area contributed by atoms with Crippen molar-refractivity contribution in [3.05, 3.63) is 35.6 Å². The van der Waals surface area contributed by atoms with Crippen LogP contribution in [0.3, 0.4) is 0 Å². The third-order valence-electron chi connectivity index (χ3n) is 4.42. The van der Waals surface area contributed by atoms with Gasteiger partial charge in [0.1, 0.15) is 11.9 Å². The Hall–Kier alpha value is -1.95. The third-order valence-corrected chi connectivity index (χ3v) is 4.42. The quantitative estimate of drug-likeness (QED) is 0.841. The lowest BCUT2D eigenvalue weighted by Gasteiger charge is -2.35. The molecule has 0 spiro atoms. The summed E-state index contributed by atoms with van der Waals surface area (Å²) in [6.45, 7) is 2.84. The van der Waals surface area contributed by atoms with E-state index in [1.165, 1.54) is 12.1 Å². The Bertz CT molecular complexity index is 562. The van der Waals surface area contributed by atoms with Gasteiger partial charge in [-0.15, -0.1) is 0 Å². The molecule has 3 rings (SSSR count). The Balaban J connectivity index is 1.49. The van der Waals surface area contributed by atoms with E-state index in [0.29, 0.717) is 32.8 Å². The highest BCUT2D eigenvalue weighted by Crippen LogP contribution is 2.16. The molecule has 6 heteroatoms. The first-order valence-corrected chi connectivity index (χ1v) is 8.06. The third kappa shape index (κ3) is 3.88. The zero-order valence-corrected chi connectivity index (χ0v) is 13.0. The van der Waals surface area contributed by atoms with Gasteiger partial charge < -0.3 is 14.5 Å². The fourth-order valence-corrected chi connectivity index (χ4v) is 3.04. The minimum atomic E-state index is -0.303. The standard InChI is InChI=1S/C17H21FN2O3/c18-14-5-3-13(4-6-14)12-16(21)19-7-9-20(10-8-19)17(22)15-2-1-11-23-15/h3-6,15H,1-2,7-12H2. The van der Waals surface area contributed by atoms with Gasteiger partial charge in [-0.25, -0.2) is 4.39 Å². The molecule has 5 nitrogen and oxygen atoms in total. The summed E-state index contributed by atoms with van der Waals surface area (Å²) in [6.07, 6.45) is 1.70. The van der Waals surface area contributed by atoms with Crippen molar-refractivity contribution in [2.75, 3.05) is 32.8 Å². The van der Waals surface area contributed by atoms with E-state index >= 15 is 0 Å². The number of halogens is 1. The Kier molecular flexibility index (Phi) is 4.91. The summed E-state index contributed by atoms with van der Waals surface area (Å²) in [5.74, 6) is -0.239. The van der Waals surface area contributed by atoms with E-state index in [2.05, 4.69) is 0 Å². The van der Waals surface area contributed by atoms with E-state index < -0.39 is 0 Å². The first-order valence-electron chi connectivity index (χ1n) is 8.06. The number of piperazine rings is 1. The molecule has 1 atom stereocenters. The van der Waals surface area contributed by atoms with Crippen LogP contribution in [0.2, 0.25) is 0 Å². The monoisotopic (exact) mass is 320 g/mol. The van der Waals surface area contributed by atoms with Crippen molar-refractivity contribution in [1.29, 1.82) is 0 Å². The summed E-state index contributed by atoms with van der Waals surface area (Å²) < 4.78 is 18.3. The summed E-state index contributed by atoms with van der Waals surface area (Å²) in [6, 6.07) is 5.98. The number of amides is 2. The van der Waals surface area contributed by atoms with Crippen molar-refractivity contribution in [2.45, 2.75) is 25.4 Å². The van der Waals surface area contributed by atoms with Gasteiger partial charge in [-0.3, -0.25) is 9.59 Å². The molecule has 0 N–H and O–H groups in total. The molecule has 0 saturated carbocycles. The van der Waals surface area contributed by atoms with Gasteiger partial charge in [-0.05, 0) is 30.5 Å². The Morgan fingerprint density at radius 3 is 2.35 bits per heavy atom. The summed E-state index contributed by atoms with van der Waals surface area (Å²) in [7, 11) is 0. The Labute approximate surface area is 135 Å². The molecule has 2 saturated heterocycles. The van der Waals surface area contributed by atoms with Gasteiger partial charge in [0.25, 0.3) is 5.91 Å². The summed E-state index contributed by atoms with van der Waals surface area (Å²) in [5, 5.41) is 0. The second-order valence-corrected chi connectivity index (χ2v) is 6.01. The van der Waals surface area contributed by atoms with Crippen LogP contribution >= 0.6 is 0 Å². The molecule has 0 bridgehead atoms. The van der Waals surface area contributed by atoms with E-state index in [1.807, 2.05) is 0 Å². The van der Waals surface area contributed by atoms with Crippen molar-refractivity contribution < 1.29 is 18.7 Å². The highest BCUT2D eigenvalue weighted by molar-refractivity contribution is 5.82. The van der Waals surface area contributed by atoms with E-state index in [4.69, 9.17) is 4.74 Å². The fourth-order valence-electron chi connectivity index (χ4n) is 3.04. The maximum Gasteiger partial charge on any atom is 0.251 e. The predicted molar refractivity (Wildman–Crippen MR) is 82.2 cm³/mol. The number of hydrogen-bond acceptors (Lipinski definition) is 3. The second-order valence-electron chi connectivity index (χ2n) is 6.01. The van der Waals surface area contributed by atoms with Crippen LogP contribution in [0.4, 0.5) is 4.39 Å². The van der Waals surface area contributed by atoms with Gasteiger partial charge in [-0.2, -0.15) is 0 Å². The normalized spacial score (nSPS) is 21.5. The minimum absolute atomic E-state index is 0.0147. The summed E-state index contributed by atoms with van der Waals surface area (Å²) >= 11 is 0. The van der Waals surface area contributed by atoms with Crippen LogP contribution in [0.25, 0.3) is 0 Å². The van der Waals surface area contributed by atoms with E-state index in [9.17, 15) is 14.0 Å². The SMILES string of the molecule is O=C(Cc1ccc(F)cc1)N1CCN(C(=O)C2CCCO2)CC1. The van der Waals surface area contributed by atoms with Crippen LogP contribution in [0.5, 0.6) is 0 Å². The average Bonchev–Trinajstić information content (AvgIpc) is 3.11. The molecule has 1 unspecified atom stereocenters. The lowest BCUT2D eigenvalue weighted by molar-refractivity contribution is -0.145. The molecule has 2 heterocycles. The molecule has 2 aliphatic heterocycles.